The van der Waals surface area contributed by atoms with Gasteiger partial charge in [-0.1, -0.05) is 36.4 Å². The van der Waals surface area contributed by atoms with Gasteiger partial charge in [0.1, 0.15) is 6.04 Å². The normalized spacial score (nSPS) is 19.7. The summed E-state index contributed by atoms with van der Waals surface area (Å²) in [4.78, 5) is 25.6. The highest BCUT2D eigenvalue weighted by Crippen LogP contribution is 2.48. The molecular weight excluding hydrogens is 340 g/mol. The van der Waals surface area contributed by atoms with Gasteiger partial charge in [0.25, 0.3) is 0 Å². The third kappa shape index (κ3) is 3.74. The van der Waals surface area contributed by atoms with Crippen LogP contribution in [0.2, 0.25) is 0 Å². The molecule has 4 nitrogen and oxygen atoms in total. The molecule has 2 aromatic rings. The lowest BCUT2D eigenvalue weighted by Gasteiger charge is -2.25. The molecular formula is C20H19F2NO3. The van der Waals surface area contributed by atoms with Crippen molar-refractivity contribution < 1.29 is 23.5 Å². The summed E-state index contributed by atoms with van der Waals surface area (Å²) in [5.74, 6) is -3.84. The van der Waals surface area contributed by atoms with Gasteiger partial charge in [-0.05, 0) is 35.6 Å². The van der Waals surface area contributed by atoms with Gasteiger partial charge in [-0.15, -0.1) is 0 Å². The van der Waals surface area contributed by atoms with Crippen molar-refractivity contribution in [2.45, 2.75) is 24.8 Å². The average molecular weight is 359 g/mol. The minimum absolute atomic E-state index is 0.203. The number of halogens is 2. The van der Waals surface area contributed by atoms with Crippen LogP contribution in [-0.2, 0) is 16.0 Å². The Morgan fingerprint density at radius 1 is 1.15 bits per heavy atom. The Morgan fingerprint density at radius 3 is 2.46 bits per heavy atom. The number of hydrogen-bond donors (Lipinski definition) is 1. The molecule has 1 amide bonds. The maximum atomic E-state index is 13.4. The number of nitrogens with zero attached hydrogens (tertiary/aromatic N) is 1. The Kier molecular flexibility index (Phi) is 5.02. The van der Waals surface area contributed by atoms with Crippen LogP contribution < -0.4 is 0 Å². The maximum absolute atomic E-state index is 13.4. The van der Waals surface area contributed by atoms with Gasteiger partial charge in [-0.25, -0.2) is 13.6 Å². The third-order valence-corrected chi connectivity index (χ3v) is 4.85. The number of rotatable bonds is 6. The van der Waals surface area contributed by atoms with Crippen LogP contribution in [0.5, 0.6) is 0 Å². The van der Waals surface area contributed by atoms with E-state index < -0.39 is 29.6 Å². The molecule has 2 aromatic carbocycles. The molecule has 0 bridgehead atoms. The number of aliphatic carboxylic acids is 1. The molecule has 0 heterocycles. The van der Waals surface area contributed by atoms with E-state index in [1.165, 1.54) is 18.0 Å². The monoisotopic (exact) mass is 359 g/mol. The lowest BCUT2D eigenvalue weighted by atomic mass is 10.0. The quantitative estimate of drug-likeness (QED) is 0.862. The lowest BCUT2D eigenvalue weighted by Crippen LogP contribution is -2.44. The number of carboxylic acids is 1. The Morgan fingerprint density at radius 2 is 1.85 bits per heavy atom. The van der Waals surface area contributed by atoms with Crippen LogP contribution in [-0.4, -0.2) is 35.0 Å². The minimum atomic E-state index is -1.07. The molecule has 6 heteroatoms. The zero-order valence-electron chi connectivity index (χ0n) is 14.2. The largest absolute Gasteiger partial charge is 0.480 e. The summed E-state index contributed by atoms with van der Waals surface area (Å²) in [5.41, 5.74) is 1.39. The van der Waals surface area contributed by atoms with E-state index >= 15 is 0 Å². The first-order valence-electron chi connectivity index (χ1n) is 8.37. The molecule has 1 aliphatic rings. The zero-order valence-corrected chi connectivity index (χ0v) is 14.2. The fraction of sp³-hybridized carbons (Fsp3) is 0.300. The first-order chi connectivity index (χ1) is 12.4. The molecule has 136 valence electrons. The van der Waals surface area contributed by atoms with Crippen molar-refractivity contribution in [3.63, 3.8) is 0 Å². The second-order valence-electron chi connectivity index (χ2n) is 6.62. The standard InChI is InChI=1S/C20H19F2NO3/c1-23(18(20(25)26)9-12-5-3-2-4-6-12)19(24)15-11-14(15)13-7-8-16(21)17(22)10-13/h2-8,10,14-15,18H,9,11H2,1H3,(H,25,26). The number of carbonyl (C=O) groups excluding carboxylic acids is 1. The van der Waals surface area contributed by atoms with Crippen LogP contribution in [0.25, 0.3) is 0 Å². The van der Waals surface area contributed by atoms with Gasteiger partial charge in [0.05, 0.1) is 0 Å². The summed E-state index contributed by atoms with van der Waals surface area (Å²) in [6, 6.07) is 11.7. The molecule has 3 unspecified atom stereocenters. The fourth-order valence-corrected chi connectivity index (χ4v) is 3.22. The highest BCUT2D eigenvalue weighted by atomic mass is 19.2. The molecule has 0 aliphatic heterocycles. The van der Waals surface area contributed by atoms with E-state index in [-0.39, 0.29) is 18.2 Å². The predicted octanol–water partition coefficient (Wildman–Crippen LogP) is 3.22. The zero-order chi connectivity index (χ0) is 18.8. The molecule has 3 atom stereocenters. The van der Waals surface area contributed by atoms with E-state index in [9.17, 15) is 23.5 Å². The van der Waals surface area contributed by atoms with Crippen molar-refractivity contribution >= 4 is 11.9 Å². The van der Waals surface area contributed by atoms with Crippen molar-refractivity contribution in [3.8, 4) is 0 Å². The van der Waals surface area contributed by atoms with Gasteiger partial charge < -0.3 is 10.0 Å². The van der Waals surface area contributed by atoms with Crippen molar-refractivity contribution in [3.05, 3.63) is 71.3 Å². The summed E-state index contributed by atoms with van der Waals surface area (Å²) in [7, 11) is 1.48. The van der Waals surface area contributed by atoms with Gasteiger partial charge in [0.2, 0.25) is 5.91 Å². The second kappa shape index (κ2) is 7.23. The number of hydrogen-bond acceptors (Lipinski definition) is 2. The Balaban J connectivity index is 1.70. The van der Waals surface area contributed by atoms with Gasteiger partial charge in [-0.2, -0.15) is 0 Å². The van der Waals surface area contributed by atoms with Crippen LogP contribution in [0.15, 0.2) is 48.5 Å². The summed E-state index contributed by atoms with van der Waals surface area (Å²) in [5, 5.41) is 9.52. The van der Waals surface area contributed by atoms with Gasteiger partial charge in [0, 0.05) is 19.4 Å². The topological polar surface area (TPSA) is 57.6 Å². The average Bonchev–Trinajstić information content (AvgIpc) is 3.42. The van der Waals surface area contributed by atoms with Crippen LogP contribution in [0.4, 0.5) is 8.78 Å². The number of amides is 1. The van der Waals surface area contributed by atoms with E-state index in [1.807, 2.05) is 30.3 Å². The maximum Gasteiger partial charge on any atom is 0.326 e. The molecule has 26 heavy (non-hydrogen) atoms. The van der Waals surface area contributed by atoms with Crippen LogP contribution >= 0.6 is 0 Å². The van der Waals surface area contributed by atoms with Crippen LogP contribution in [0.1, 0.15) is 23.5 Å². The lowest BCUT2D eigenvalue weighted by molar-refractivity contribution is -0.149. The summed E-state index contributed by atoms with van der Waals surface area (Å²) < 4.78 is 26.4. The van der Waals surface area contributed by atoms with E-state index in [0.717, 1.165) is 17.7 Å². The smallest absolute Gasteiger partial charge is 0.326 e. The third-order valence-electron chi connectivity index (χ3n) is 4.85. The van der Waals surface area contributed by atoms with Crippen molar-refractivity contribution in [1.82, 2.24) is 4.90 Å². The molecule has 1 saturated carbocycles. The van der Waals surface area contributed by atoms with Crippen molar-refractivity contribution in [2.24, 2.45) is 5.92 Å². The molecule has 0 spiro atoms. The predicted molar refractivity (Wildman–Crippen MR) is 91.5 cm³/mol. The number of carbonyl (C=O) groups is 2. The molecule has 0 saturated heterocycles. The SMILES string of the molecule is CN(C(=O)C1CC1c1ccc(F)c(F)c1)C(Cc1ccccc1)C(=O)O. The van der Waals surface area contributed by atoms with Crippen molar-refractivity contribution in [1.29, 1.82) is 0 Å². The van der Waals surface area contributed by atoms with E-state index in [2.05, 4.69) is 0 Å². The highest BCUT2D eigenvalue weighted by Gasteiger charge is 2.47. The Bertz CT molecular complexity index is 825. The number of likely N-dealkylation sites (N-methyl/N-ethyl adjacent to an activating group) is 1. The highest BCUT2D eigenvalue weighted by molar-refractivity contribution is 5.87. The Labute approximate surface area is 150 Å². The molecule has 1 aliphatic carbocycles. The van der Waals surface area contributed by atoms with E-state index in [4.69, 9.17) is 0 Å². The van der Waals surface area contributed by atoms with Crippen molar-refractivity contribution in [2.75, 3.05) is 7.05 Å². The summed E-state index contributed by atoms with van der Waals surface area (Å²) in [6.07, 6.45) is 0.715. The molecule has 0 aromatic heterocycles. The van der Waals surface area contributed by atoms with Crippen LogP contribution in [0.3, 0.4) is 0 Å². The fourth-order valence-electron chi connectivity index (χ4n) is 3.22. The molecule has 3 rings (SSSR count). The first kappa shape index (κ1) is 18.0. The van der Waals surface area contributed by atoms with Crippen LogP contribution in [0, 0.1) is 17.6 Å². The van der Waals surface area contributed by atoms with E-state index in [1.54, 1.807) is 0 Å². The first-order valence-corrected chi connectivity index (χ1v) is 8.37. The summed E-state index contributed by atoms with van der Waals surface area (Å²) >= 11 is 0. The Hall–Kier alpha value is -2.76. The van der Waals surface area contributed by atoms with Gasteiger partial charge in [-0.3, -0.25) is 4.79 Å². The molecule has 0 radical (unpaired) electrons. The van der Waals surface area contributed by atoms with Gasteiger partial charge >= 0.3 is 5.97 Å². The minimum Gasteiger partial charge on any atom is -0.480 e. The number of carboxylic acid groups (broad SMARTS) is 1. The second-order valence-corrected chi connectivity index (χ2v) is 6.62. The van der Waals surface area contributed by atoms with Gasteiger partial charge in [0.15, 0.2) is 11.6 Å². The molecule has 1 fully saturated rings. The molecule has 1 N–H and O–H groups in total. The summed E-state index contributed by atoms with van der Waals surface area (Å²) in [6.45, 7) is 0. The number of benzene rings is 2. The van der Waals surface area contributed by atoms with E-state index in [0.29, 0.717) is 12.0 Å².